The van der Waals surface area contributed by atoms with Gasteiger partial charge in [-0.2, -0.15) is 0 Å². The zero-order valence-corrected chi connectivity index (χ0v) is 21.9. The van der Waals surface area contributed by atoms with Gasteiger partial charge in [-0.3, -0.25) is 0 Å². The Morgan fingerprint density at radius 3 is 0.900 bits per heavy atom. The predicted octanol–water partition coefficient (Wildman–Crippen LogP) is 1.41. The molecule has 0 N–H and O–H groups in total. The van der Waals surface area contributed by atoms with E-state index in [1.165, 1.54) is 18.2 Å². The fourth-order valence-corrected chi connectivity index (χ4v) is 3.54. The first kappa shape index (κ1) is 29.4. The standard InChI is InChI=1S/3C10H7NO2.Al/c3*12-10(13)9-6-5-7-3-1-2-4-8(7)11-9;/h3*1-6H,(H,12,13);/q;;;+3/p-3. The molecule has 3 heterocycles. The summed E-state index contributed by atoms with van der Waals surface area (Å²) in [6.07, 6.45) is 0. The fraction of sp³-hybridized carbons (Fsp3) is 0. The van der Waals surface area contributed by atoms with Gasteiger partial charge in [0.15, 0.2) is 0 Å². The molecule has 10 heteroatoms. The van der Waals surface area contributed by atoms with E-state index in [9.17, 15) is 29.7 Å². The van der Waals surface area contributed by atoms with Crippen LogP contribution in [0.3, 0.4) is 0 Å². The van der Waals surface area contributed by atoms with E-state index in [4.69, 9.17) is 0 Å². The summed E-state index contributed by atoms with van der Waals surface area (Å²) >= 11 is 0. The number of rotatable bonds is 3. The maximum absolute atomic E-state index is 10.5. The third kappa shape index (κ3) is 7.45. The van der Waals surface area contributed by atoms with Gasteiger partial charge in [-0.1, -0.05) is 72.8 Å². The Labute approximate surface area is 238 Å². The number of nitrogens with zero attached hydrogens (tertiary/aromatic N) is 3. The summed E-state index contributed by atoms with van der Waals surface area (Å²) in [5, 5.41) is 34.2. The minimum atomic E-state index is -1.24. The third-order valence-corrected chi connectivity index (χ3v) is 5.42. The molecule has 0 saturated carbocycles. The van der Waals surface area contributed by atoms with Crippen LogP contribution in [0.4, 0.5) is 0 Å². The number of aromatic nitrogens is 3. The maximum atomic E-state index is 10.5. The molecule has 0 radical (unpaired) electrons. The molecule has 0 aliphatic rings. The van der Waals surface area contributed by atoms with Crippen molar-refractivity contribution in [3.63, 3.8) is 0 Å². The summed E-state index contributed by atoms with van der Waals surface area (Å²) in [4.78, 5) is 43.2. The van der Waals surface area contributed by atoms with E-state index in [2.05, 4.69) is 15.0 Å². The number of pyridine rings is 3. The van der Waals surface area contributed by atoms with Crippen molar-refractivity contribution in [1.29, 1.82) is 0 Å². The zero-order valence-electron chi connectivity index (χ0n) is 20.8. The second-order valence-corrected chi connectivity index (χ2v) is 8.03. The van der Waals surface area contributed by atoms with Gasteiger partial charge < -0.3 is 29.7 Å². The Morgan fingerprint density at radius 2 is 0.650 bits per heavy atom. The van der Waals surface area contributed by atoms with Gasteiger partial charge in [-0.15, -0.1) is 0 Å². The van der Waals surface area contributed by atoms with Crippen LogP contribution >= 0.6 is 0 Å². The van der Waals surface area contributed by atoms with Crippen molar-refractivity contribution in [2.24, 2.45) is 0 Å². The Morgan fingerprint density at radius 1 is 0.400 bits per heavy atom. The summed E-state index contributed by atoms with van der Waals surface area (Å²) in [5.41, 5.74) is 1.92. The van der Waals surface area contributed by atoms with Crippen LogP contribution in [0.5, 0.6) is 0 Å². The van der Waals surface area contributed by atoms with Crippen LogP contribution in [0.1, 0.15) is 31.5 Å². The summed E-state index contributed by atoms with van der Waals surface area (Å²) < 4.78 is 0. The van der Waals surface area contributed by atoms with Gasteiger partial charge in [-0.25, -0.2) is 15.0 Å². The van der Waals surface area contributed by atoms with Gasteiger partial charge in [-0.05, 0) is 36.4 Å². The number of carbonyl (C=O) groups excluding carboxylic acids is 3. The number of fused-ring (bicyclic) bond motifs is 3. The van der Waals surface area contributed by atoms with Crippen molar-refractivity contribution in [2.45, 2.75) is 0 Å². The van der Waals surface area contributed by atoms with Crippen LogP contribution in [0.2, 0.25) is 0 Å². The van der Waals surface area contributed by atoms with E-state index in [1.807, 2.05) is 54.6 Å². The Bertz CT molecular complexity index is 1610. The topological polar surface area (TPSA) is 159 Å². The third-order valence-electron chi connectivity index (χ3n) is 5.42. The van der Waals surface area contributed by atoms with Gasteiger partial charge in [0, 0.05) is 16.2 Å². The molecule has 6 aromatic rings. The van der Waals surface area contributed by atoms with Crippen LogP contribution in [-0.2, 0) is 0 Å². The first-order valence-electron chi connectivity index (χ1n) is 11.5. The predicted molar refractivity (Wildman–Crippen MR) is 144 cm³/mol. The number of hydrogen-bond donors (Lipinski definition) is 0. The Kier molecular flexibility index (Phi) is 9.97. The Hall–Kier alpha value is -5.17. The molecule has 0 aliphatic carbocycles. The van der Waals surface area contributed by atoms with Gasteiger partial charge in [0.25, 0.3) is 0 Å². The molecule has 0 spiro atoms. The Balaban J connectivity index is 0.000000163. The minimum absolute atomic E-state index is 0. The molecule has 0 saturated heterocycles. The van der Waals surface area contributed by atoms with Gasteiger partial charge in [0.2, 0.25) is 0 Å². The molecule has 3 aromatic carbocycles. The van der Waals surface area contributed by atoms with Crippen LogP contribution in [-0.4, -0.2) is 50.2 Å². The van der Waals surface area contributed by atoms with Crippen molar-refractivity contribution in [1.82, 2.24) is 15.0 Å². The number of hydrogen-bond acceptors (Lipinski definition) is 9. The van der Waals surface area contributed by atoms with Crippen molar-refractivity contribution in [2.75, 3.05) is 0 Å². The second kappa shape index (κ2) is 13.6. The van der Waals surface area contributed by atoms with E-state index >= 15 is 0 Å². The van der Waals surface area contributed by atoms with Crippen molar-refractivity contribution in [3.8, 4) is 0 Å². The number of carboxylic acids is 3. The smallest absolute Gasteiger partial charge is 0.543 e. The average molecular weight is 543 g/mol. The molecule has 0 aliphatic heterocycles. The number of carbonyl (C=O) groups is 3. The largest absolute Gasteiger partial charge is 3.00 e. The molecule has 192 valence electrons. The number of para-hydroxylation sites is 3. The van der Waals surface area contributed by atoms with Crippen LogP contribution in [0, 0.1) is 0 Å². The molecular formula is C30H18AlN3O6. The number of aromatic carboxylic acids is 3. The van der Waals surface area contributed by atoms with Crippen LogP contribution in [0.25, 0.3) is 32.7 Å². The molecular weight excluding hydrogens is 525 g/mol. The molecule has 0 fully saturated rings. The molecule has 0 unspecified atom stereocenters. The quantitative estimate of drug-likeness (QED) is 0.301. The molecule has 0 atom stereocenters. The van der Waals surface area contributed by atoms with Crippen LogP contribution in [0.15, 0.2) is 109 Å². The fourth-order valence-electron chi connectivity index (χ4n) is 3.54. The molecule has 9 nitrogen and oxygen atoms in total. The summed E-state index contributed by atoms with van der Waals surface area (Å²) in [7, 11) is 0. The summed E-state index contributed by atoms with van der Waals surface area (Å²) in [5.74, 6) is -3.73. The maximum Gasteiger partial charge on any atom is 3.00 e. The molecule has 3 aromatic heterocycles. The van der Waals surface area contributed by atoms with E-state index in [0.29, 0.717) is 16.6 Å². The molecule has 0 bridgehead atoms. The van der Waals surface area contributed by atoms with Crippen molar-refractivity contribution in [3.05, 3.63) is 126 Å². The average Bonchev–Trinajstić information content (AvgIpc) is 2.97. The van der Waals surface area contributed by atoms with Crippen LogP contribution < -0.4 is 15.3 Å². The van der Waals surface area contributed by atoms with Gasteiger partial charge >= 0.3 is 17.4 Å². The SMILES string of the molecule is O=C([O-])c1ccc2ccccc2n1.O=C([O-])c1ccc2ccccc2n1.O=C([O-])c1ccc2ccccc2n1.[Al+3]. The zero-order chi connectivity index (χ0) is 27.8. The van der Waals surface area contributed by atoms with Gasteiger partial charge in [0.1, 0.15) is 0 Å². The minimum Gasteiger partial charge on any atom is -0.543 e. The summed E-state index contributed by atoms with van der Waals surface area (Å²) in [6, 6.07) is 31.5. The van der Waals surface area contributed by atoms with Crippen molar-refractivity contribution < 1.29 is 29.7 Å². The summed E-state index contributed by atoms with van der Waals surface area (Å²) in [6.45, 7) is 0. The van der Waals surface area contributed by atoms with E-state index in [1.54, 1.807) is 36.4 Å². The first-order valence-corrected chi connectivity index (χ1v) is 11.5. The first-order chi connectivity index (χ1) is 18.8. The second-order valence-electron chi connectivity index (χ2n) is 8.03. The number of benzene rings is 3. The molecule has 0 amide bonds. The van der Waals surface area contributed by atoms with E-state index in [0.717, 1.165) is 16.2 Å². The molecule has 40 heavy (non-hydrogen) atoms. The normalized spacial score (nSPS) is 9.90. The van der Waals surface area contributed by atoms with E-state index < -0.39 is 17.9 Å². The van der Waals surface area contributed by atoms with Crippen molar-refractivity contribution >= 4 is 68.0 Å². The van der Waals surface area contributed by atoms with Gasteiger partial charge in [0.05, 0.1) is 51.5 Å². The van der Waals surface area contributed by atoms with E-state index in [-0.39, 0.29) is 34.4 Å². The molecule has 6 rings (SSSR count). The number of carboxylic acid groups (broad SMARTS) is 3. The monoisotopic (exact) mass is 543 g/mol.